The van der Waals surface area contributed by atoms with E-state index in [2.05, 4.69) is 58.5 Å². The third-order valence-corrected chi connectivity index (χ3v) is 11.3. The quantitative estimate of drug-likeness (QED) is 0.146. The molecule has 2 aromatic heterocycles. The fourth-order valence-electron chi connectivity index (χ4n) is 7.99. The van der Waals surface area contributed by atoms with E-state index in [4.69, 9.17) is 26.3 Å². The van der Waals surface area contributed by atoms with E-state index in [-0.39, 0.29) is 29.8 Å². The van der Waals surface area contributed by atoms with Crippen molar-refractivity contribution in [3.63, 3.8) is 0 Å². The molecule has 2 saturated heterocycles. The van der Waals surface area contributed by atoms with Gasteiger partial charge in [0.05, 0.1) is 41.8 Å². The van der Waals surface area contributed by atoms with E-state index in [1.807, 2.05) is 83.7 Å². The second-order valence-corrected chi connectivity index (χ2v) is 14.6. The first-order valence-corrected chi connectivity index (χ1v) is 19.0. The molecule has 0 saturated carbocycles. The first-order valence-electron chi connectivity index (χ1n) is 18.6. The summed E-state index contributed by atoms with van der Waals surface area (Å²) in [4.78, 5) is 47.5. The molecule has 0 radical (unpaired) electrons. The van der Waals surface area contributed by atoms with Gasteiger partial charge < -0.3 is 24.5 Å². The Morgan fingerprint density at radius 2 is 1.17 bits per heavy atom. The number of aromatic amines is 2. The molecule has 2 N–H and O–H groups in total. The Morgan fingerprint density at radius 3 is 1.69 bits per heavy atom. The van der Waals surface area contributed by atoms with Crippen molar-refractivity contribution in [2.75, 3.05) is 20.2 Å². The Kier molecular flexibility index (Phi) is 10.2. The van der Waals surface area contributed by atoms with Gasteiger partial charge in [0.1, 0.15) is 11.6 Å². The molecular weight excluding hydrogens is 696 g/mol. The van der Waals surface area contributed by atoms with E-state index >= 15 is 0 Å². The van der Waals surface area contributed by atoms with Crippen LogP contribution in [0, 0.1) is 0 Å². The monoisotopic (exact) mass is 738 g/mol. The van der Waals surface area contributed by atoms with Gasteiger partial charge >= 0.3 is 0 Å². The Morgan fingerprint density at radius 1 is 0.685 bits per heavy atom. The lowest BCUT2D eigenvalue weighted by molar-refractivity contribution is -0.143. The molecule has 4 atom stereocenters. The number of halogens is 1. The van der Waals surface area contributed by atoms with Crippen LogP contribution in [0.1, 0.15) is 79.5 Å². The molecule has 0 bridgehead atoms. The Balaban J connectivity index is 0.923. The summed E-state index contributed by atoms with van der Waals surface area (Å²) < 4.78 is 5.66. The summed E-state index contributed by atoms with van der Waals surface area (Å²) in [5.74, 6) is 1.29. The van der Waals surface area contributed by atoms with Crippen LogP contribution in [-0.2, 0) is 14.3 Å². The van der Waals surface area contributed by atoms with Crippen molar-refractivity contribution in [1.29, 1.82) is 0 Å². The van der Waals surface area contributed by atoms with Crippen molar-refractivity contribution in [1.82, 2.24) is 29.7 Å². The van der Waals surface area contributed by atoms with E-state index in [9.17, 15) is 9.59 Å². The molecule has 0 aliphatic carbocycles. The van der Waals surface area contributed by atoms with Gasteiger partial charge in [-0.1, -0.05) is 109 Å². The van der Waals surface area contributed by atoms with Gasteiger partial charge in [-0.05, 0) is 72.1 Å². The fourth-order valence-corrected chi connectivity index (χ4v) is 8.28. The third-order valence-electron chi connectivity index (χ3n) is 10.9. The number of benzene rings is 4. The summed E-state index contributed by atoms with van der Waals surface area (Å²) in [6.07, 6.45) is 6.63. The fraction of sp³-hybridized carbons (Fsp3) is 0.273. The summed E-state index contributed by atoms with van der Waals surface area (Å²) in [6.45, 7) is 3.30. The highest BCUT2D eigenvalue weighted by Crippen LogP contribution is 2.37. The van der Waals surface area contributed by atoms with Gasteiger partial charge in [0, 0.05) is 25.2 Å². The number of methoxy groups -OCH3 is 1. The zero-order valence-corrected chi connectivity index (χ0v) is 31.2. The molecule has 4 heterocycles. The zero-order valence-electron chi connectivity index (χ0n) is 30.4. The Bertz CT molecular complexity index is 2230. The van der Waals surface area contributed by atoms with Crippen LogP contribution in [0.15, 0.2) is 116 Å². The largest absolute Gasteiger partial charge is 0.367 e. The van der Waals surface area contributed by atoms with Crippen LogP contribution in [0.4, 0.5) is 0 Å². The van der Waals surface area contributed by atoms with Crippen LogP contribution in [0.3, 0.4) is 0 Å². The molecule has 2 amide bonds. The normalized spacial score (nSPS) is 18.2. The number of rotatable bonds is 10. The molecule has 2 aliphatic heterocycles. The molecule has 2 fully saturated rings. The number of hydrogen-bond donors (Lipinski definition) is 2. The molecular formula is C44H43ClN6O3. The van der Waals surface area contributed by atoms with Crippen molar-refractivity contribution < 1.29 is 14.3 Å². The Labute approximate surface area is 320 Å². The number of hydrogen-bond acceptors (Lipinski definition) is 5. The minimum atomic E-state index is -0.644. The first kappa shape index (κ1) is 35.5. The second kappa shape index (κ2) is 15.5. The first-order chi connectivity index (χ1) is 26.4. The predicted octanol–water partition coefficient (Wildman–Crippen LogP) is 9.31. The van der Waals surface area contributed by atoms with Gasteiger partial charge in [0.15, 0.2) is 6.10 Å². The maximum Gasteiger partial charge on any atom is 0.256 e. The Hall–Kier alpha value is -5.51. The lowest BCUT2D eigenvalue weighted by Crippen LogP contribution is -2.35. The van der Waals surface area contributed by atoms with Crippen LogP contribution in [0.5, 0.6) is 0 Å². The number of carbonyl (C=O) groups excluding carboxylic acids is 2. The number of likely N-dealkylation sites (tertiary alicyclic amines) is 2. The molecule has 274 valence electrons. The van der Waals surface area contributed by atoms with Crippen LogP contribution >= 0.6 is 11.6 Å². The molecule has 9 nitrogen and oxygen atoms in total. The van der Waals surface area contributed by atoms with Crippen molar-refractivity contribution in [3.05, 3.63) is 143 Å². The van der Waals surface area contributed by atoms with Gasteiger partial charge in [-0.15, -0.1) is 0 Å². The number of imidazole rings is 2. The van der Waals surface area contributed by atoms with Crippen LogP contribution in [-0.4, -0.2) is 61.7 Å². The van der Waals surface area contributed by atoms with Crippen LogP contribution < -0.4 is 0 Å². The zero-order chi connectivity index (χ0) is 37.2. The highest BCUT2D eigenvalue weighted by Gasteiger charge is 2.37. The number of amides is 2. The smallest absolute Gasteiger partial charge is 0.256 e. The molecule has 0 spiro atoms. The minimum absolute atomic E-state index is 0.0419. The molecule has 2 aliphatic rings. The highest BCUT2D eigenvalue weighted by molar-refractivity contribution is 6.31. The summed E-state index contributed by atoms with van der Waals surface area (Å²) in [6, 6.07) is 33.8. The molecule has 10 heteroatoms. The average Bonchev–Trinajstić information content (AvgIpc) is 4.05. The summed E-state index contributed by atoms with van der Waals surface area (Å²) in [5, 5.41) is 0.614. The number of nitrogens with zero attached hydrogens (tertiary/aromatic N) is 4. The van der Waals surface area contributed by atoms with Crippen molar-refractivity contribution in [2.24, 2.45) is 0 Å². The van der Waals surface area contributed by atoms with Crippen LogP contribution in [0.25, 0.3) is 33.6 Å². The SMILES string of the molecule is CO[C@@H](C(=O)N1CCC[C@H]1c1ncc(-c2ccc(-c3ccc(-c4cnc([C@@H]5CCCN5C(=O)[C@H](C)c5ccccc5Cl)[nH]4)cc3)cc2)[nH]1)c1ccccc1. The third kappa shape index (κ3) is 6.97. The molecule has 4 aromatic carbocycles. The molecule has 8 rings (SSSR count). The standard InChI is InChI=1S/C44H43ClN6O3/c1-28(34-12-6-7-13-35(34)45)43(52)50-24-8-14-38(50)41-46-26-36(48-41)31-20-16-29(17-21-31)30-18-22-32(23-19-30)37-27-47-42(49-37)39-15-9-25-51(39)44(53)40(54-2)33-10-4-3-5-11-33/h3-7,10-13,16-23,26-28,38-40H,8-9,14-15,24-25H2,1-2H3,(H,46,48)(H,47,49)/t28-,38+,39+,40-/m1/s1. The van der Waals surface area contributed by atoms with E-state index in [0.29, 0.717) is 18.1 Å². The lowest BCUT2D eigenvalue weighted by atomic mass is 9.99. The maximum absolute atomic E-state index is 13.6. The lowest BCUT2D eigenvalue weighted by Gasteiger charge is -2.27. The topological polar surface area (TPSA) is 107 Å². The van der Waals surface area contributed by atoms with Gasteiger partial charge in [-0.3, -0.25) is 9.59 Å². The number of nitrogens with one attached hydrogen (secondary N) is 2. The number of H-pyrrole nitrogens is 2. The van der Waals surface area contributed by atoms with Gasteiger partial charge in [0.25, 0.3) is 5.91 Å². The van der Waals surface area contributed by atoms with Gasteiger partial charge in [0.2, 0.25) is 5.91 Å². The summed E-state index contributed by atoms with van der Waals surface area (Å²) in [7, 11) is 1.58. The highest BCUT2D eigenvalue weighted by atomic mass is 35.5. The van der Waals surface area contributed by atoms with E-state index in [0.717, 1.165) is 82.1 Å². The summed E-state index contributed by atoms with van der Waals surface area (Å²) >= 11 is 6.43. The minimum Gasteiger partial charge on any atom is -0.367 e. The predicted molar refractivity (Wildman–Crippen MR) is 210 cm³/mol. The number of aromatic nitrogens is 4. The van der Waals surface area contributed by atoms with Gasteiger partial charge in [-0.2, -0.15) is 0 Å². The maximum atomic E-state index is 13.6. The van der Waals surface area contributed by atoms with E-state index in [1.165, 1.54) is 0 Å². The van der Waals surface area contributed by atoms with Crippen molar-refractivity contribution in [2.45, 2.75) is 56.7 Å². The summed E-state index contributed by atoms with van der Waals surface area (Å²) in [5.41, 5.74) is 7.77. The average molecular weight is 739 g/mol. The molecule has 6 aromatic rings. The van der Waals surface area contributed by atoms with Crippen molar-refractivity contribution >= 4 is 23.4 Å². The van der Waals surface area contributed by atoms with E-state index in [1.54, 1.807) is 7.11 Å². The second-order valence-electron chi connectivity index (χ2n) is 14.2. The molecule has 0 unspecified atom stereocenters. The number of ether oxygens (including phenoxy) is 1. The molecule has 54 heavy (non-hydrogen) atoms. The van der Waals surface area contributed by atoms with Gasteiger partial charge in [-0.25, -0.2) is 9.97 Å². The van der Waals surface area contributed by atoms with E-state index < -0.39 is 6.10 Å². The number of carbonyl (C=O) groups is 2. The van der Waals surface area contributed by atoms with Crippen molar-refractivity contribution in [3.8, 4) is 33.6 Å². The van der Waals surface area contributed by atoms with Crippen LogP contribution in [0.2, 0.25) is 5.02 Å².